The van der Waals surface area contributed by atoms with Crippen LogP contribution in [0.4, 0.5) is 0 Å². The molecule has 0 aromatic heterocycles. The number of benzene rings is 1. The lowest BCUT2D eigenvalue weighted by atomic mass is 10.0. The second-order valence-electron chi connectivity index (χ2n) is 5.51. The van der Waals surface area contributed by atoms with Crippen molar-refractivity contribution in [2.75, 3.05) is 13.2 Å². The highest BCUT2D eigenvalue weighted by atomic mass is 16.6. The molecule has 1 amide bonds. The van der Waals surface area contributed by atoms with Crippen molar-refractivity contribution in [2.24, 2.45) is 5.18 Å². The predicted molar refractivity (Wildman–Crippen MR) is 82.4 cm³/mol. The van der Waals surface area contributed by atoms with Gasteiger partial charge in [0.15, 0.2) is 0 Å². The Balaban J connectivity index is 2.09. The number of hydrogen-bond donors (Lipinski definition) is 1. The summed E-state index contributed by atoms with van der Waals surface area (Å²) in [5.74, 6) is -1.01. The van der Waals surface area contributed by atoms with E-state index in [0.717, 1.165) is 5.56 Å². The third-order valence-corrected chi connectivity index (χ3v) is 3.68. The van der Waals surface area contributed by atoms with Crippen molar-refractivity contribution in [1.82, 2.24) is 5.32 Å². The van der Waals surface area contributed by atoms with Crippen molar-refractivity contribution in [3.05, 3.63) is 40.8 Å². The molecule has 1 saturated heterocycles. The third kappa shape index (κ3) is 4.85. The highest BCUT2D eigenvalue weighted by molar-refractivity contribution is 5.83. The second-order valence-corrected chi connectivity index (χ2v) is 5.51. The molecule has 1 atom stereocenters. The molecule has 1 unspecified atom stereocenters. The minimum Gasteiger partial charge on any atom is -0.432 e. The van der Waals surface area contributed by atoms with E-state index in [-0.39, 0.29) is 25.2 Å². The van der Waals surface area contributed by atoms with Crippen LogP contribution in [0, 0.1) is 4.91 Å². The maximum Gasteiger partial charge on any atom is 0.331 e. The summed E-state index contributed by atoms with van der Waals surface area (Å²) in [5, 5.41) is 5.57. The first kappa shape index (κ1) is 17.1. The van der Waals surface area contributed by atoms with Gasteiger partial charge in [0.25, 0.3) is 0 Å². The zero-order valence-corrected chi connectivity index (χ0v) is 13.0. The van der Waals surface area contributed by atoms with E-state index in [1.54, 1.807) is 0 Å². The standard InChI is InChI=1S/C16H20N2O5/c1-12(19)17-14(11-13-5-3-2-4-6-13)15(20)23-16(18-21)7-9-22-10-8-16/h2-6,14H,7-11H2,1H3,(H,17,19). The molecule has 1 aliphatic heterocycles. The van der Waals surface area contributed by atoms with Crippen LogP contribution in [-0.2, 0) is 25.5 Å². The first-order chi connectivity index (χ1) is 11.0. The zero-order valence-electron chi connectivity index (χ0n) is 13.0. The first-order valence-electron chi connectivity index (χ1n) is 7.51. The van der Waals surface area contributed by atoms with Gasteiger partial charge in [0.2, 0.25) is 11.6 Å². The molecular weight excluding hydrogens is 300 g/mol. The lowest BCUT2D eigenvalue weighted by molar-refractivity contribution is -0.171. The number of amides is 1. The number of nitroso groups, excluding NO2 is 1. The van der Waals surface area contributed by atoms with Gasteiger partial charge in [-0.25, -0.2) is 4.79 Å². The summed E-state index contributed by atoms with van der Waals surface area (Å²) in [7, 11) is 0. The summed E-state index contributed by atoms with van der Waals surface area (Å²) in [5.41, 5.74) is -0.522. The number of nitrogens with zero attached hydrogens (tertiary/aromatic N) is 1. The van der Waals surface area contributed by atoms with E-state index in [4.69, 9.17) is 9.47 Å². The summed E-state index contributed by atoms with van der Waals surface area (Å²) in [6, 6.07) is 8.39. The van der Waals surface area contributed by atoms with E-state index in [9.17, 15) is 14.5 Å². The molecule has 0 spiro atoms. The molecule has 0 saturated carbocycles. The molecule has 7 heteroatoms. The average Bonchev–Trinajstić information content (AvgIpc) is 2.55. The Morgan fingerprint density at radius 2 is 1.96 bits per heavy atom. The molecule has 0 aliphatic carbocycles. The fourth-order valence-corrected chi connectivity index (χ4v) is 2.45. The molecule has 1 aromatic rings. The Bertz CT molecular complexity index is 555. The van der Waals surface area contributed by atoms with Gasteiger partial charge in [0.05, 0.1) is 13.2 Å². The monoisotopic (exact) mass is 320 g/mol. The van der Waals surface area contributed by atoms with E-state index in [1.807, 2.05) is 30.3 Å². The number of hydrogen-bond acceptors (Lipinski definition) is 6. The topological polar surface area (TPSA) is 94.1 Å². The van der Waals surface area contributed by atoms with Gasteiger partial charge in [-0.3, -0.25) is 4.79 Å². The summed E-state index contributed by atoms with van der Waals surface area (Å²) in [6.45, 7) is 1.94. The largest absolute Gasteiger partial charge is 0.432 e. The molecular formula is C16H20N2O5. The first-order valence-corrected chi connectivity index (χ1v) is 7.51. The average molecular weight is 320 g/mol. The summed E-state index contributed by atoms with van der Waals surface area (Å²) >= 11 is 0. The zero-order chi connectivity index (χ0) is 16.7. The molecule has 1 aromatic carbocycles. The lowest BCUT2D eigenvalue weighted by Crippen LogP contribution is -2.47. The van der Waals surface area contributed by atoms with Gasteiger partial charge < -0.3 is 14.8 Å². The molecule has 124 valence electrons. The van der Waals surface area contributed by atoms with Crippen molar-refractivity contribution in [3.63, 3.8) is 0 Å². The van der Waals surface area contributed by atoms with Gasteiger partial charge in [0, 0.05) is 26.2 Å². The van der Waals surface area contributed by atoms with E-state index < -0.39 is 17.7 Å². The molecule has 23 heavy (non-hydrogen) atoms. The van der Waals surface area contributed by atoms with Crippen molar-refractivity contribution in [2.45, 2.75) is 38.0 Å². The molecule has 7 nitrogen and oxygen atoms in total. The van der Waals surface area contributed by atoms with Gasteiger partial charge in [0.1, 0.15) is 6.04 Å². The van der Waals surface area contributed by atoms with Crippen molar-refractivity contribution < 1.29 is 19.1 Å². The Morgan fingerprint density at radius 3 is 2.52 bits per heavy atom. The molecule has 1 aliphatic rings. The van der Waals surface area contributed by atoms with Crippen molar-refractivity contribution in [1.29, 1.82) is 0 Å². The minimum absolute atomic E-state index is 0.223. The second kappa shape index (κ2) is 7.82. The lowest BCUT2D eigenvalue weighted by Gasteiger charge is -2.31. The van der Waals surface area contributed by atoms with Crippen LogP contribution in [0.15, 0.2) is 35.5 Å². The number of nitrogens with one attached hydrogen (secondary N) is 1. The van der Waals surface area contributed by atoms with Gasteiger partial charge in [-0.2, -0.15) is 0 Å². The Morgan fingerprint density at radius 1 is 1.30 bits per heavy atom. The summed E-state index contributed by atoms with van der Waals surface area (Å²) in [4.78, 5) is 35.0. The predicted octanol–water partition coefficient (Wildman–Crippen LogP) is 1.55. The number of ether oxygens (including phenoxy) is 2. The van der Waals surface area contributed by atoms with Gasteiger partial charge in [-0.15, -0.1) is 4.91 Å². The number of esters is 1. The highest BCUT2D eigenvalue weighted by Crippen LogP contribution is 2.27. The van der Waals surface area contributed by atoms with Gasteiger partial charge >= 0.3 is 5.97 Å². The smallest absolute Gasteiger partial charge is 0.331 e. The van der Waals surface area contributed by atoms with Crippen LogP contribution < -0.4 is 5.32 Å². The van der Waals surface area contributed by atoms with Gasteiger partial charge in [-0.05, 0) is 10.7 Å². The Labute approximate surface area is 134 Å². The molecule has 0 bridgehead atoms. The Hall–Kier alpha value is -2.28. The Kier molecular flexibility index (Phi) is 5.81. The number of carbonyl (C=O) groups excluding carboxylic acids is 2. The SMILES string of the molecule is CC(=O)NC(Cc1ccccc1)C(=O)OC1(N=O)CCOCC1. The fraction of sp³-hybridized carbons (Fsp3) is 0.500. The quantitative estimate of drug-likeness (QED) is 0.634. The van der Waals surface area contributed by atoms with Crippen LogP contribution in [0.2, 0.25) is 0 Å². The third-order valence-electron chi connectivity index (χ3n) is 3.68. The van der Waals surface area contributed by atoms with Gasteiger partial charge in [-0.1, -0.05) is 30.3 Å². The van der Waals surface area contributed by atoms with Crippen molar-refractivity contribution in [3.8, 4) is 0 Å². The van der Waals surface area contributed by atoms with Crippen LogP contribution in [0.1, 0.15) is 25.3 Å². The normalized spacial score (nSPS) is 17.8. The highest BCUT2D eigenvalue weighted by Gasteiger charge is 2.40. The molecule has 0 radical (unpaired) electrons. The minimum atomic E-state index is -1.40. The molecule has 1 heterocycles. The molecule has 1 fully saturated rings. The van der Waals surface area contributed by atoms with Crippen LogP contribution in [0.5, 0.6) is 0 Å². The number of rotatable bonds is 6. The maximum absolute atomic E-state index is 12.4. The molecule has 1 N–H and O–H groups in total. The van der Waals surface area contributed by atoms with Crippen LogP contribution in [0.3, 0.4) is 0 Å². The van der Waals surface area contributed by atoms with E-state index in [0.29, 0.717) is 13.2 Å². The van der Waals surface area contributed by atoms with E-state index >= 15 is 0 Å². The van der Waals surface area contributed by atoms with E-state index in [1.165, 1.54) is 6.92 Å². The summed E-state index contributed by atoms with van der Waals surface area (Å²) < 4.78 is 10.5. The molecule has 2 rings (SSSR count). The number of carbonyl (C=O) groups is 2. The maximum atomic E-state index is 12.4. The fourth-order valence-electron chi connectivity index (χ4n) is 2.45. The van der Waals surface area contributed by atoms with Crippen LogP contribution in [-0.4, -0.2) is 36.9 Å². The van der Waals surface area contributed by atoms with Crippen molar-refractivity contribution >= 4 is 11.9 Å². The van der Waals surface area contributed by atoms with Crippen LogP contribution >= 0.6 is 0 Å². The van der Waals surface area contributed by atoms with Crippen LogP contribution in [0.25, 0.3) is 0 Å². The summed E-state index contributed by atoms with van der Waals surface area (Å²) in [6.07, 6.45) is 0.728. The van der Waals surface area contributed by atoms with E-state index in [2.05, 4.69) is 10.5 Å².